The molecule has 0 heterocycles. The van der Waals surface area contributed by atoms with Crippen LogP contribution in [0.4, 0.5) is 0 Å². The molecule has 0 aromatic heterocycles. The van der Waals surface area contributed by atoms with E-state index in [1.807, 2.05) is 6.92 Å². The molecule has 1 aromatic rings. The molecular weight excluding hydrogens is 590 g/mol. The van der Waals surface area contributed by atoms with Crippen molar-refractivity contribution < 1.29 is 76.1 Å². The van der Waals surface area contributed by atoms with E-state index >= 15 is 0 Å². The Labute approximate surface area is 242 Å². The van der Waals surface area contributed by atoms with Crippen LogP contribution in [0.15, 0.2) is 12.1 Å². The van der Waals surface area contributed by atoms with Gasteiger partial charge in [0.25, 0.3) is 0 Å². The van der Waals surface area contributed by atoms with Gasteiger partial charge < -0.3 is 14.6 Å². The first-order valence-corrected chi connectivity index (χ1v) is 12.8. The van der Waals surface area contributed by atoms with E-state index in [1.54, 1.807) is 14.2 Å². The largest absolute Gasteiger partial charge is 0 e. The summed E-state index contributed by atoms with van der Waals surface area (Å²) in [4.78, 5) is 0. The fourth-order valence-electron chi connectivity index (χ4n) is 2.46. The summed E-state index contributed by atoms with van der Waals surface area (Å²) in [5.41, 5.74) is 5.40. The van der Waals surface area contributed by atoms with E-state index in [-0.39, 0.29) is 39.5 Å². The fourth-order valence-corrected chi connectivity index (χ4v) is 3.06. The Morgan fingerprint density at radius 2 is 1.16 bits per heavy atom. The van der Waals surface area contributed by atoms with Crippen LogP contribution in [0.25, 0.3) is 0 Å². The molecule has 2 atom stereocenters. The second-order valence-corrected chi connectivity index (χ2v) is 11.8. The molecule has 0 aliphatic rings. The molecule has 0 fully saturated rings. The standard InChI is InChI=1S/C19H30O3Si.6CO.2Co/c1-14(8-10-16(20)12-13-23(5,6)7)17-11-9-15(2)18(21-3)19(17)22-4;6*1-2;;/h9,11,14,16,20H,8,10H2,1-7H3;;;;;;;;/t14-,16?;;;;;;;;/m0......../s1. The molecule has 1 rings (SSSR count). The second kappa shape index (κ2) is 41.1. The van der Waals surface area contributed by atoms with Crippen LogP contribution >= 0.6 is 0 Å². The van der Waals surface area contributed by atoms with Gasteiger partial charge in [-0.25, -0.2) is 0 Å². The Bertz CT molecular complexity index is 797. The fraction of sp³-hybridized carbons (Fsp3) is 0.440. The number of aliphatic hydroxyl groups is 1. The first kappa shape index (κ1) is 55.5. The molecule has 0 spiro atoms. The maximum absolute atomic E-state index is 10.1. The SMILES string of the molecule is COc1c(C)ccc([C@@H](C)CCC(O)C#C[Si](C)(C)C)c1OC.[C-]#[O+].[C-]#[O+].[C-]#[O+].[C-]#[O+].[C-]#[O+].[C-]#[O+].[Co].[Co]. The first-order chi connectivity index (χ1) is 16.7. The van der Waals surface area contributed by atoms with E-state index in [1.165, 1.54) is 0 Å². The molecule has 9 nitrogen and oxygen atoms in total. The second-order valence-electron chi connectivity index (χ2n) is 7.05. The van der Waals surface area contributed by atoms with Crippen molar-refractivity contribution in [1.29, 1.82) is 0 Å². The predicted octanol–water partition coefficient (Wildman–Crippen LogP) is 3.91. The molecule has 0 amide bonds. The first-order valence-electron chi connectivity index (χ1n) is 9.34. The summed E-state index contributed by atoms with van der Waals surface area (Å²) in [6.45, 7) is 37.7. The zero-order valence-corrected chi connectivity index (χ0v) is 24.7. The number of aryl methyl sites for hydroxylation is 1. The number of ether oxygens (including phenoxy) is 2. The van der Waals surface area contributed by atoms with E-state index < -0.39 is 14.2 Å². The van der Waals surface area contributed by atoms with E-state index in [9.17, 15) is 5.11 Å². The molecule has 0 bridgehead atoms. The van der Waals surface area contributed by atoms with Crippen molar-refractivity contribution in [3.8, 4) is 23.0 Å². The smallest absolute Gasteiger partial charge is 0 e. The van der Waals surface area contributed by atoms with Gasteiger partial charge in [0, 0.05) is 39.1 Å². The molecule has 1 N–H and O–H groups in total. The van der Waals surface area contributed by atoms with E-state index in [4.69, 9.17) is 37.4 Å². The van der Waals surface area contributed by atoms with E-state index in [0.29, 0.717) is 6.42 Å². The van der Waals surface area contributed by atoms with Crippen LogP contribution in [0.2, 0.25) is 19.6 Å². The third-order valence-corrected chi connectivity index (χ3v) is 4.66. The normalized spacial score (nSPS) is 8.86. The molecule has 206 valence electrons. The Morgan fingerprint density at radius 1 is 0.784 bits per heavy atom. The Balaban J connectivity index is -0.0000000877. The number of benzene rings is 1. The van der Waals surface area contributed by atoms with Gasteiger partial charge in [0.15, 0.2) is 11.5 Å². The molecule has 0 saturated carbocycles. The molecule has 2 radical (unpaired) electrons. The van der Waals surface area contributed by atoms with Crippen molar-refractivity contribution in [3.05, 3.63) is 63.2 Å². The predicted molar refractivity (Wildman–Crippen MR) is 123 cm³/mol. The molecule has 1 aromatic carbocycles. The quantitative estimate of drug-likeness (QED) is 0.222. The average molecular weight is 620 g/mol. The van der Waals surface area contributed by atoms with Crippen molar-refractivity contribution in [3.63, 3.8) is 0 Å². The third kappa shape index (κ3) is 30.1. The molecule has 0 aliphatic carbocycles. The Kier molecular flexibility index (Phi) is 61.7. The molecule has 0 saturated heterocycles. The minimum atomic E-state index is -1.43. The summed E-state index contributed by atoms with van der Waals surface area (Å²) >= 11 is 0. The van der Waals surface area contributed by atoms with Crippen LogP contribution in [0, 0.1) is 58.3 Å². The number of aliphatic hydroxyl groups excluding tert-OH is 1. The molecular formula is C25H30Co2O9Si. The summed E-state index contributed by atoms with van der Waals surface area (Å²) in [6, 6.07) is 4.14. The van der Waals surface area contributed by atoms with Crippen LogP contribution in [-0.4, -0.2) is 33.5 Å². The zero-order chi connectivity index (χ0) is 29.6. The molecule has 12 heteroatoms. The van der Waals surface area contributed by atoms with Gasteiger partial charge in [-0.15, -0.1) is 5.54 Å². The summed E-state index contributed by atoms with van der Waals surface area (Å²) in [6.07, 6.45) is 0.963. The van der Waals surface area contributed by atoms with Crippen LogP contribution < -0.4 is 9.47 Å². The number of hydrogen-bond donors (Lipinski definition) is 1. The van der Waals surface area contributed by atoms with E-state index in [2.05, 4.69) is 90.1 Å². The monoisotopic (exact) mass is 620 g/mol. The molecule has 37 heavy (non-hydrogen) atoms. The number of rotatable bonds is 6. The van der Waals surface area contributed by atoms with Gasteiger partial charge in [0.05, 0.1) is 14.2 Å². The van der Waals surface area contributed by atoms with Crippen LogP contribution in [0.1, 0.15) is 36.8 Å². The summed E-state index contributed by atoms with van der Waals surface area (Å²) in [7, 11) is 1.90. The van der Waals surface area contributed by atoms with Gasteiger partial charge in [-0.2, -0.15) is 0 Å². The minimum Gasteiger partial charge on any atom is 0 e. The van der Waals surface area contributed by atoms with Gasteiger partial charge >= 0.3 is 67.8 Å². The number of methoxy groups -OCH3 is 2. The van der Waals surface area contributed by atoms with Crippen molar-refractivity contribution in [2.24, 2.45) is 0 Å². The summed E-state index contributed by atoms with van der Waals surface area (Å²) in [5.74, 6) is 4.85. The topological polar surface area (TPSA) is 158 Å². The maximum Gasteiger partial charge on any atom is 0 e. The van der Waals surface area contributed by atoms with Crippen molar-refractivity contribution in [1.82, 2.24) is 0 Å². The molecule has 0 aliphatic heterocycles. The van der Waals surface area contributed by atoms with Crippen LogP contribution in [0.3, 0.4) is 0 Å². The van der Waals surface area contributed by atoms with Gasteiger partial charge in [0.1, 0.15) is 14.2 Å². The Morgan fingerprint density at radius 3 is 1.49 bits per heavy atom. The molecule has 1 unspecified atom stereocenters. The van der Waals surface area contributed by atoms with Gasteiger partial charge in [-0.05, 0) is 31.2 Å². The van der Waals surface area contributed by atoms with Crippen molar-refractivity contribution in [2.75, 3.05) is 14.2 Å². The van der Waals surface area contributed by atoms with Gasteiger partial charge in [-0.3, -0.25) is 0 Å². The van der Waals surface area contributed by atoms with Crippen LogP contribution in [0.5, 0.6) is 11.5 Å². The van der Waals surface area contributed by atoms with E-state index in [0.717, 1.165) is 29.0 Å². The third-order valence-electron chi connectivity index (χ3n) is 3.77. The number of hydrogen-bond acceptors (Lipinski definition) is 3. The van der Waals surface area contributed by atoms with Gasteiger partial charge in [-0.1, -0.05) is 44.6 Å². The van der Waals surface area contributed by atoms with Gasteiger partial charge in [0.2, 0.25) is 0 Å². The van der Waals surface area contributed by atoms with Crippen molar-refractivity contribution in [2.45, 2.75) is 58.4 Å². The summed E-state index contributed by atoms with van der Waals surface area (Å²) < 4.78 is 56.0. The average Bonchev–Trinajstić information content (AvgIpc) is 2.92. The van der Waals surface area contributed by atoms with Crippen LogP contribution in [-0.2, 0) is 61.5 Å². The minimum absolute atomic E-state index is 0. The maximum atomic E-state index is 10.1. The van der Waals surface area contributed by atoms with Crippen molar-refractivity contribution >= 4 is 8.07 Å². The Hall–Kier alpha value is -1.99. The zero-order valence-electron chi connectivity index (χ0n) is 21.6. The summed E-state index contributed by atoms with van der Waals surface area (Å²) in [5, 5.41) is 10.1.